The molecule has 4 aromatic rings. The van der Waals surface area contributed by atoms with E-state index in [0.717, 1.165) is 22.3 Å². The molecule has 8 rings (SSSR count). The zero-order chi connectivity index (χ0) is 39.3. The van der Waals surface area contributed by atoms with Crippen LogP contribution in [0.4, 0.5) is 0 Å². The Bertz CT molecular complexity index is 1670. The third kappa shape index (κ3) is 7.50. The zero-order valence-corrected chi connectivity index (χ0v) is 33.3. The fourth-order valence-corrected chi connectivity index (χ4v) is 8.59. The standard InChI is InChI=1S/2C22H26O6/c2*1-23-17-7-5-13(9-19(17)25-3)21-15-11-28-22(16(15)12-27-21)14-6-8-18(24-2)20(10-14)26-4/h2*5-10,15-16,21-22H,11-12H2,1-4H3/t15-,16-,21+,22?;15-,16-,21+,22+/m10/s1. The quantitative estimate of drug-likeness (QED) is 0.142. The molecule has 0 N–H and O–H groups in total. The number of benzene rings is 4. The first kappa shape index (κ1) is 39.4. The highest BCUT2D eigenvalue weighted by molar-refractivity contribution is 5.47. The topological polar surface area (TPSA) is 111 Å². The first-order valence-electron chi connectivity index (χ1n) is 18.7. The summed E-state index contributed by atoms with van der Waals surface area (Å²) >= 11 is 0. The van der Waals surface area contributed by atoms with E-state index >= 15 is 0 Å². The highest BCUT2D eigenvalue weighted by Crippen LogP contribution is 2.53. The molecule has 0 aliphatic carbocycles. The summed E-state index contributed by atoms with van der Waals surface area (Å²) in [6, 6.07) is 23.8. The van der Waals surface area contributed by atoms with Crippen LogP contribution in [0.1, 0.15) is 46.7 Å². The number of hydrogen-bond donors (Lipinski definition) is 0. The van der Waals surface area contributed by atoms with E-state index in [9.17, 15) is 0 Å². The maximum Gasteiger partial charge on any atom is 0.161 e. The van der Waals surface area contributed by atoms with Crippen molar-refractivity contribution in [1.29, 1.82) is 0 Å². The molecule has 0 saturated carbocycles. The maximum atomic E-state index is 6.20. The summed E-state index contributed by atoms with van der Waals surface area (Å²) in [5.74, 6) is 6.85. The van der Waals surface area contributed by atoms with Crippen LogP contribution in [0.2, 0.25) is 0 Å². The summed E-state index contributed by atoms with van der Waals surface area (Å²) in [6.45, 7) is 2.62. The van der Waals surface area contributed by atoms with E-state index in [1.807, 2.05) is 72.8 Å². The van der Waals surface area contributed by atoms with Gasteiger partial charge < -0.3 is 56.8 Å². The van der Waals surface area contributed by atoms with Crippen molar-refractivity contribution < 1.29 is 56.8 Å². The van der Waals surface area contributed by atoms with Crippen LogP contribution in [0.3, 0.4) is 0 Å². The van der Waals surface area contributed by atoms with Crippen LogP contribution in [0.25, 0.3) is 0 Å². The van der Waals surface area contributed by atoms with Crippen molar-refractivity contribution in [3.05, 3.63) is 95.1 Å². The summed E-state index contributed by atoms with van der Waals surface area (Å²) in [5, 5.41) is 0. The monoisotopic (exact) mass is 772 g/mol. The molecule has 0 amide bonds. The van der Waals surface area contributed by atoms with Crippen molar-refractivity contribution in [1.82, 2.24) is 0 Å². The molecule has 0 bridgehead atoms. The molecule has 4 aromatic carbocycles. The molecular weight excluding hydrogens is 720 g/mol. The predicted molar refractivity (Wildman–Crippen MR) is 207 cm³/mol. The lowest BCUT2D eigenvalue weighted by Gasteiger charge is -2.18. The Hall–Kier alpha value is -4.88. The van der Waals surface area contributed by atoms with E-state index in [1.54, 1.807) is 56.9 Å². The SMILES string of the molecule is COc1ccc(C2OC[C@H]3[C@H](c4ccc(OC)c(OC)c4)OC[C@@H]23)cc1OC.COc1ccc([C@H]2OC[C@H]3[C@@H]2CO[C@@H]3c2ccc(OC)c(OC)c2)cc1OC. The lowest BCUT2D eigenvalue weighted by Crippen LogP contribution is -2.14. The van der Waals surface area contributed by atoms with Crippen LogP contribution in [0.15, 0.2) is 72.8 Å². The lowest BCUT2D eigenvalue weighted by molar-refractivity contribution is 0.0190. The molecule has 0 radical (unpaired) electrons. The van der Waals surface area contributed by atoms with Crippen LogP contribution in [-0.2, 0) is 18.9 Å². The molecule has 12 nitrogen and oxygen atoms in total. The zero-order valence-electron chi connectivity index (χ0n) is 33.3. The molecule has 0 aromatic heterocycles. The van der Waals surface area contributed by atoms with Gasteiger partial charge in [0.15, 0.2) is 46.0 Å². The normalized spacial score (nSPS) is 26.0. The van der Waals surface area contributed by atoms with E-state index in [-0.39, 0.29) is 48.1 Å². The van der Waals surface area contributed by atoms with Gasteiger partial charge in [-0.15, -0.1) is 0 Å². The highest BCUT2D eigenvalue weighted by Gasteiger charge is 2.49. The molecule has 12 heteroatoms. The Labute approximate surface area is 328 Å². The van der Waals surface area contributed by atoms with Crippen molar-refractivity contribution >= 4 is 0 Å². The molecule has 0 spiro atoms. The molecule has 1 unspecified atom stereocenters. The van der Waals surface area contributed by atoms with Crippen molar-refractivity contribution in [2.24, 2.45) is 23.7 Å². The van der Waals surface area contributed by atoms with Gasteiger partial charge in [0.05, 0.1) is 108 Å². The fraction of sp³-hybridized carbons (Fsp3) is 0.455. The highest BCUT2D eigenvalue weighted by atomic mass is 16.5. The van der Waals surface area contributed by atoms with Gasteiger partial charge in [-0.05, 0) is 70.8 Å². The maximum absolute atomic E-state index is 6.20. The molecule has 300 valence electrons. The first-order chi connectivity index (χ1) is 27.4. The molecule has 4 fully saturated rings. The second-order valence-electron chi connectivity index (χ2n) is 14.1. The van der Waals surface area contributed by atoms with Gasteiger partial charge in [0.25, 0.3) is 0 Å². The average Bonchev–Trinajstić information content (AvgIpc) is 4.06. The average molecular weight is 773 g/mol. The second-order valence-corrected chi connectivity index (χ2v) is 14.1. The minimum Gasteiger partial charge on any atom is -0.493 e. The third-order valence-corrected chi connectivity index (χ3v) is 11.5. The third-order valence-electron chi connectivity index (χ3n) is 11.5. The Balaban J connectivity index is 0.000000172. The molecule has 56 heavy (non-hydrogen) atoms. The van der Waals surface area contributed by atoms with E-state index < -0.39 is 0 Å². The van der Waals surface area contributed by atoms with Gasteiger partial charge in [-0.2, -0.15) is 0 Å². The molecule has 4 heterocycles. The second kappa shape index (κ2) is 17.5. The van der Waals surface area contributed by atoms with Crippen LogP contribution in [-0.4, -0.2) is 83.3 Å². The Morgan fingerprint density at radius 1 is 0.304 bits per heavy atom. The van der Waals surface area contributed by atoms with Gasteiger partial charge in [-0.3, -0.25) is 0 Å². The van der Waals surface area contributed by atoms with Crippen molar-refractivity contribution in [2.45, 2.75) is 24.4 Å². The summed E-state index contributed by atoms with van der Waals surface area (Å²) < 4.78 is 68.0. The van der Waals surface area contributed by atoms with E-state index in [0.29, 0.717) is 72.4 Å². The number of ether oxygens (including phenoxy) is 12. The van der Waals surface area contributed by atoms with Gasteiger partial charge in [0.2, 0.25) is 0 Å². The van der Waals surface area contributed by atoms with Gasteiger partial charge in [0.1, 0.15) is 0 Å². The van der Waals surface area contributed by atoms with Gasteiger partial charge in [0, 0.05) is 23.7 Å². The van der Waals surface area contributed by atoms with Crippen LogP contribution in [0.5, 0.6) is 46.0 Å². The number of hydrogen-bond acceptors (Lipinski definition) is 12. The van der Waals surface area contributed by atoms with E-state index in [2.05, 4.69) is 0 Å². The minimum absolute atomic E-state index is 0.0186. The van der Waals surface area contributed by atoms with Crippen molar-refractivity contribution in [2.75, 3.05) is 83.3 Å². The molecule has 4 saturated heterocycles. The van der Waals surface area contributed by atoms with Crippen LogP contribution < -0.4 is 37.9 Å². The molecular formula is C44H52O12. The lowest BCUT2D eigenvalue weighted by atomic mass is 9.85. The Morgan fingerprint density at radius 2 is 0.500 bits per heavy atom. The van der Waals surface area contributed by atoms with Crippen LogP contribution >= 0.6 is 0 Å². The number of fused-ring (bicyclic) bond motifs is 2. The van der Waals surface area contributed by atoms with Gasteiger partial charge in [-0.25, -0.2) is 0 Å². The Morgan fingerprint density at radius 3 is 0.679 bits per heavy atom. The minimum atomic E-state index is -0.0186. The predicted octanol–water partition coefficient (Wildman–Crippen LogP) is 7.59. The van der Waals surface area contributed by atoms with Crippen molar-refractivity contribution in [3.63, 3.8) is 0 Å². The smallest absolute Gasteiger partial charge is 0.161 e. The molecule has 4 aliphatic heterocycles. The van der Waals surface area contributed by atoms with E-state index in [4.69, 9.17) is 56.8 Å². The summed E-state index contributed by atoms with van der Waals surface area (Å²) in [6.07, 6.45) is -0.0743. The molecule has 4 aliphatic rings. The molecule has 8 atom stereocenters. The van der Waals surface area contributed by atoms with Gasteiger partial charge in [-0.1, -0.05) is 24.3 Å². The van der Waals surface area contributed by atoms with Crippen LogP contribution in [0, 0.1) is 23.7 Å². The van der Waals surface area contributed by atoms with Crippen molar-refractivity contribution in [3.8, 4) is 46.0 Å². The summed E-state index contributed by atoms with van der Waals surface area (Å²) in [4.78, 5) is 0. The number of rotatable bonds is 12. The Kier molecular flexibility index (Phi) is 12.3. The summed E-state index contributed by atoms with van der Waals surface area (Å²) in [7, 11) is 13.1. The first-order valence-corrected chi connectivity index (χ1v) is 18.7. The van der Waals surface area contributed by atoms with Gasteiger partial charge >= 0.3 is 0 Å². The summed E-state index contributed by atoms with van der Waals surface area (Å²) in [5.41, 5.74) is 4.34. The van der Waals surface area contributed by atoms with E-state index in [1.165, 1.54) is 0 Å². The fourth-order valence-electron chi connectivity index (χ4n) is 8.59. The largest absolute Gasteiger partial charge is 0.493 e. The number of methoxy groups -OCH3 is 8.